The van der Waals surface area contributed by atoms with Gasteiger partial charge in [0.15, 0.2) is 12.4 Å². The zero-order valence-electron chi connectivity index (χ0n) is 11.9. The van der Waals surface area contributed by atoms with Crippen molar-refractivity contribution < 1.29 is 4.68 Å². The molecule has 0 bridgehead atoms. The summed E-state index contributed by atoms with van der Waals surface area (Å²) in [6.07, 6.45) is 5.41. The first-order valence-corrected chi connectivity index (χ1v) is 8.60. The Morgan fingerprint density at radius 1 is 1.04 bits per heavy atom. The second-order valence-electron chi connectivity index (χ2n) is 4.87. The summed E-state index contributed by atoms with van der Waals surface area (Å²) in [5, 5.41) is 1.20. The number of benzene rings is 1. The fourth-order valence-corrected chi connectivity index (χ4v) is 3.59. The van der Waals surface area contributed by atoms with Crippen molar-refractivity contribution in [2.75, 3.05) is 0 Å². The number of thiophene rings is 1. The second-order valence-corrected chi connectivity index (χ2v) is 6.77. The minimum absolute atomic E-state index is 0.593. The molecule has 1 aromatic carbocycles. The Morgan fingerprint density at radius 3 is 2.70 bits per heavy atom. The van der Waals surface area contributed by atoms with Gasteiger partial charge in [-0.2, -0.15) is 10.1 Å². The zero-order valence-corrected chi connectivity index (χ0v) is 14.3. The molecular weight excluding hydrogens is 372 g/mol. The summed E-state index contributed by atoms with van der Waals surface area (Å²) in [5.74, 6) is 0.593. The van der Waals surface area contributed by atoms with Crippen LogP contribution in [0.5, 0.6) is 0 Å². The van der Waals surface area contributed by atoms with Gasteiger partial charge in [0.25, 0.3) is 0 Å². The standard InChI is InChI=1S/C17H11BrN4S/c18-15-11-19-17(21-22-8-4-1-5-9-22)16(20-15)14-10-12-6-2-3-7-13(12)23-14/h1-11H. The molecule has 0 aliphatic carbocycles. The summed E-state index contributed by atoms with van der Waals surface area (Å²) in [4.78, 5) is 10.1. The van der Waals surface area contributed by atoms with Crippen LogP contribution in [-0.2, 0) is 0 Å². The lowest BCUT2D eigenvalue weighted by molar-refractivity contribution is -0.619. The molecule has 0 saturated heterocycles. The molecule has 4 nitrogen and oxygen atoms in total. The van der Waals surface area contributed by atoms with Crippen molar-refractivity contribution in [2.45, 2.75) is 0 Å². The van der Waals surface area contributed by atoms with E-state index in [4.69, 9.17) is 0 Å². The Hall–Kier alpha value is -2.31. The molecule has 4 rings (SSSR count). The molecule has 0 fully saturated rings. The van der Waals surface area contributed by atoms with Crippen molar-refractivity contribution in [3.05, 3.63) is 77.2 Å². The maximum atomic E-state index is 4.59. The van der Waals surface area contributed by atoms with Gasteiger partial charge in [0.05, 0.1) is 10.6 Å². The average molecular weight is 383 g/mol. The molecule has 0 unspecified atom stereocenters. The third-order valence-corrected chi connectivity index (χ3v) is 4.80. The van der Waals surface area contributed by atoms with Crippen molar-refractivity contribution in [2.24, 2.45) is 0 Å². The van der Waals surface area contributed by atoms with Crippen LogP contribution < -0.4 is 4.68 Å². The van der Waals surface area contributed by atoms with Crippen molar-refractivity contribution in [1.82, 2.24) is 9.97 Å². The molecule has 3 aromatic heterocycles. The highest BCUT2D eigenvalue weighted by Gasteiger charge is 2.10. The van der Waals surface area contributed by atoms with Gasteiger partial charge in [0, 0.05) is 22.7 Å². The number of pyridine rings is 1. The average Bonchev–Trinajstić information content (AvgIpc) is 3.01. The normalized spacial score (nSPS) is 10.8. The summed E-state index contributed by atoms with van der Waals surface area (Å²) < 4.78 is 3.65. The van der Waals surface area contributed by atoms with Crippen LogP contribution in [-0.4, -0.2) is 9.97 Å². The Balaban J connectivity index is 1.82. The molecule has 4 aromatic rings. The van der Waals surface area contributed by atoms with Crippen LogP contribution in [0.15, 0.2) is 71.7 Å². The molecule has 112 valence electrons. The molecule has 6 heteroatoms. The predicted octanol–water partition coefficient (Wildman–Crippen LogP) is 4.88. The molecule has 0 spiro atoms. The van der Waals surface area contributed by atoms with E-state index >= 15 is 0 Å². The predicted molar refractivity (Wildman–Crippen MR) is 95.6 cm³/mol. The molecule has 0 N–H and O–H groups in total. The van der Waals surface area contributed by atoms with Gasteiger partial charge in [-0.05, 0) is 39.6 Å². The number of aromatic nitrogens is 3. The summed E-state index contributed by atoms with van der Waals surface area (Å²) in [6, 6.07) is 16.2. The topological polar surface area (TPSA) is 43.8 Å². The molecule has 0 saturated carbocycles. The van der Waals surface area contributed by atoms with Gasteiger partial charge in [0.1, 0.15) is 4.60 Å². The van der Waals surface area contributed by atoms with Crippen LogP contribution in [0.1, 0.15) is 0 Å². The van der Waals surface area contributed by atoms with Crippen molar-refractivity contribution in [1.29, 1.82) is 0 Å². The summed E-state index contributed by atoms with van der Waals surface area (Å²) in [7, 11) is 0. The first-order valence-electron chi connectivity index (χ1n) is 6.99. The lowest BCUT2D eigenvalue weighted by atomic mass is 10.2. The Kier molecular flexibility index (Phi) is 3.77. The van der Waals surface area contributed by atoms with Crippen LogP contribution in [0.2, 0.25) is 0 Å². The van der Waals surface area contributed by atoms with E-state index in [1.165, 1.54) is 10.1 Å². The third-order valence-electron chi connectivity index (χ3n) is 3.29. The molecule has 0 aliphatic heterocycles. The van der Waals surface area contributed by atoms with E-state index in [0.29, 0.717) is 10.4 Å². The van der Waals surface area contributed by atoms with Crippen LogP contribution in [0.25, 0.3) is 26.1 Å². The van der Waals surface area contributed by atoms with Gasteiger partial charge in [0.2, 0.25) is 0 Å². The molecule has 0 aliphatic rings. The van der Waals surface area contributed by atoms with Crippen LogP contribution in [0.3, 0.4) is 0 Å². The van der Waals surface area contributed by atoms with E-state index in [0.717, 1.165) is 10.6 Å². The summed E-state index contributed by atoms with van der Waals surface area (Å²) in [6.45, 7) is 0. The van der Waals surface area contributed by atoms with E-state index in [9.17, 15) is 0 Å². The number of nitrogens with zero attached hydrogens (tertiary/aromatic N) is 4. The maximum absolute atomic E-state index is 4.59. The van der Waals surface area contributed by atoms with E-state index in [-0.39, 0.29) is 0 Å². The number of halogens is 1. The molecule has 3 heterocycles. The number of hydrogen-bond donors (Lipinski definition) is 0. The molecule has 0 atom stereocenters. The zero-order chi connectivity index (χ0) is 15.6. The largest absolute Gasteiger partial charge is 0.434 e. The van der Waals surface area contributed by atoms with Crippen molar-refractivity contribution in [3.8, 4) is 10.6 Å². The fourth-order valence-electron chi connectivity index (χ4n) is 2.26. The van der Waals surface area contributed by atoms with E-state index in [1.54, 1.807) is 22.2 Å². The van der Waals surface area contributed by atoms with Gasteiger partial charge < -0.3 is 4.98 Å². The van der Waals surface area contributed by atoms with Crippen molar-refractivity contribution in [3.63, 3.8) is 0 Å². The first-order chi connectivity index (χ1) is 11.3. The van der Waals surface area contributed by atoms with E-state index in [2.05, 4.69) is 49.5 Å². The van der Waals surface area contributed by atoms with Gasteiger partial charge in [-0.25, -0.2) is 4.98 Å². The first kappa shape index (κ1) is 14.3. The lowest BCUT2D eigenvalue weighted by Gasteiger charge is -2.12. The highest BCUT2D eigenvalue weighted by molar-refractivity contribution is 9.10. The SMILES string of the molecule is Brc1cnc([N-][n+]2ccccc2)c(-c2cc3ccccc3s2)n1. The number of hydrogen-bond acceptors (Lipinski definition) is 3. The van der Waals surface area contributed by atoms with Gasteiger partial charge in [-0.15, -0.1) is 11.3 Å². The third kappa shape index (κ3) is 2.95. The van der Waals surface area contributed by atoms with Crippen LogP contribution in [0.4, 0.5) is 5.82 Å². The number of rotatable bonds is 3. The summed E-state index contributed by atoms with van der Waals surface area (Å²) in [5.41, 5.74) is 5.33. The smallest absolute Gasteiger partial charge is 0.182 e. The number of fused-ring (bicyclic) bond motifs is 1. The minimum Gasteiger partial charge on any atom is -0.434 e. The Morgan fingerprint density at radius 2 is 1.87 bits per heavy atom. The van der Waals surface area contributed by atoms with Gasteiger partial charge in [-0.1, -0.05) is 24.3 Å². The van der Waals surface area contributed by atoms with Crippen molar-refractivity contribution >= 4 is 43.2 Å². The van der Waals surface area contributed by atoms with Crippen LogP contribution >= 0.6 is 27.3 Å². The Labute approximate surface area is 145 Å². The van der Waals surface area contributed by atoms with Gasteiger partial charge in [-0.3, -0.25) is 0 Å². The van der Waals surface area contributed by atoms with E-state index in [1.807, 2.05) is 42.7 Å². The fraction of sp³-hybridized carbons (Fsp3) is 0. The second kappa shape index (κ2) is 6.06. The summed E-state index contributed by atoms with van der Waals surface area (Å²) >= 11 is 5.10. The molecule has 23 heavy (non-hydrogen) atoms. The quantitative estimate of drug-likeness (QED) is 0.474. The van der Waals surface area contributed by atoms with E-state index < -0.39 is 0 Å². The highest BCUT2D eigenvalue weighted by atomic mass is 79.9. The maximum Gasteiger partial charge on any atom is 0.182 e. The molecular formula is C17H11BrN4S. The monoisotopic (exact) mass is 382 g/mol. The highest BCUT2D eigenvalue weighted by Crippen LogP contribution is 2.37. The van der Waals surface area contributed by atoms with Gasteiger partial charge >= 0.3 is 0 Å². The Bertz CT molecular complexity index is 936. The lowest BCUT2D eigenvalue weighted by Crippen LogP contribution is -2.26. The minimum atomic E-state index is 0.593. The molecule has 0 radical (unpaired) electrons. The van der Waals surface area contributed by atoms with Crippen LogP contribution in [0, 0.1) is 0 Å². The molecule has 0 amide bonds.